The minimum atomic E-state index is 0.103. The van der Waals surface area contributed by atoms with Gasteiger partial charge in [-0.05, 0) is 54.3 Å². The number of allylic oxidation sites excluding steroid dienone is 5. The third-order valence-corrected chi connectivity index (χ3v) is 5.06. The van der Waals surface area contributed by atoms with Gasteiger partial charge in [0.2, 0.25) is 5.96 Å². The first-order valence-electron chi connectivity index (χ1n) is 9.21. The summed E-state index contributed by atoms with van der Waals surface area (Å²) >= 11 is 0. The molecule has 1 N–H and O–H groups in total. The lowest BCUT2D eigenvalue weighted by atomic mass is 9.92. The van der Waals surface area contributed by atoms with Crippen LogP contribution in [0.5, 0.6) is 0 Å². The number of nitrogens with zero attached hydrogens (tertiary/aromatic N) is 2. The Labute approximate surface area is 160 Å². The average molecular weight is 353 g/mol. The zero-order valence-electron chi connectivity index (χ0n) is 15.9. The fraction of sp³-hybridized carbons (Fsp3) is 0.167. The van der Waals surface area contributed by atoms with Crippen molar-refractivity contribution in [1.82, 2.24) is 5.32 Å². The molecule has 2 aromatic rings. The van der Waals surface area contributed by atoms with E-state index in [-0.39, 0.29) is 5.92 Å². The Hall–Kier alpha value is -3.20. The third-order valence-electron chi connectivity index (χ3n) is 5.06. The van der Waals surface area contributed by atoms with E-state index in [1.54, 1.807) is 7.05 Å². The topological polar surface area (TPSA) is 36.8 Å². The van der Waals surface area contributed by atoms with Gasteiger partial charge in [0.15, 0.2) is 0 Å². The molecule has 0 saturated carbocycles. The van der Waals surface area contributed by atoms with E-state index in [0.29, 0.717) is 5.96 Å². The number of hydrogen-bond acceptors (Lipinski definition) is 1. The van der Waals surface area contributed by atoms with E-state index in [1.807, 2.05) is 6.07 Å². The van der Waals surface area contributed by atoms with Crippen LogP contribution in [0.1, 0.15) is 19.4 Å². The maximum absolute atomic E-state index is 4.87. The molecule has 1 aliphatic carbocycles. The fourth-order valence-electron chi connectivity index (χ4n) is 3.47. The molecule has 0 fully saturated rings. The summed E-state index contributed by atoms with van der Waals surface area (Å²) in [5.41, 5.74) is 8.10. The zero-order chi connectivity index (χ0) is 18.8. The van der Waals surface area contributed by atoms with Crippen LogP contribution in [0.4, 0.5) is 0 Å². The van der Waals surface area contributed by atoms with E-state index in [4.69, 9.17) is 4.99 Å². The second-order valence-corrected chi connectivity index (χ2v) is 6.94. The van der Waals surface area contributed by atoms with Gasteiger partial charge in [0, 0.05) is 18.7 Å². The first-order valence-corrected chi connectivity index (χ1v) is 9.21. The van der Waals surface area contributed by atoms with Gasteiger partial charge in [0.1, 0.15) is 0 Å². The molecule has 0 saturated heterocycles. The van der Waals surface area contributed by atoms with E-state index >= 15 is 0 Å². The lowest BCUT2D eigenvalue weighted by Gasteiger charge is -2.14. The molecule has 2 bridgehead atoms. The monoisotopic (exact) mass is 353 g/mol. The van der Waals surface area contributed by atoms with Gasteiger partial charge in [-0.1, -0.05) is 60.2 Å². The van der Waals surface area contributed by atoms with Crippen molar-refractivity contribution >= 4 is 11.7 Å². The third kappa shape index (κ3) is 3.54. The molecule has 1 aliphatic heterocycles. The van der Waals surface area contributed by atoms with Crippen LogP contribution < -0.4 is 5.32 Å². The molecule has 4 rings (SSSR count). The highest BCUT2D eigenvalue weighted by atomic mass is 15.1. The minimum Gasteiger partial charge on any atom is -0.325 e. The Morgan fingerprint density at radius 2 is 1.59 bits per heavy atom. The summed E-state index contributed by atoms with van der Waals surface area (Å²) in [6.45, 7) is 4.30. The van der Waals surface area contributed by atoms with Crippen molar-refractivity contribution in [2.45, 2.75) is 13.8 Å². The zero-order valence-corrected chi connectivity index (χ0v) is 15.9. The highest BCUT2D eigenvalue weighted by molar-refractivity contribution is 6.11. The quantitative estimate of drug-likeness (QED) is 0.797. The molecule has 27 heavy (non-hydrogen) atoms. The van der Waals surface area contributed by atoms with Crippen LogP contribution in [0.25, 0.3) is 11.1 Å². The molecule has 3 heteroatoms. The van der Waals surface area contributed by atoms with Gasteiger partial charge in [-0.25, -0.2) is 4.99 Å². The van der Waals surface area contributed by atoms with E-state index in [2.05, 4.69) is 90.9 Å². The van der Waals surface area contributed by atoms with Crippen LogP contribution in [0.2, 0.25) is 0 Å². The Balaban J connectivity index is 1.84. The molecule has 0 radical (unpaired) electrons. The van der Waals surface area contributed by atoms with E-state index in [1.165, 1.54) is 22.3 Å². The van der Waals surface area contributed by atoms with E-state index in [0.717, 1.165) is 17.0 Å². The maximum atomic E-state index is 4.87. The van der Waals surface area contributed by atoms with Gasteiger partial charge < -0.3 is 5.32 Å². The summed E-state index contributed by atoms with van der Waals surface area (Å²) in [6, 6.07) is 19.0. The molecule has 1 atom stereocenters. The first-order chi connectivity index (χ1) is 13.1. The van der Waals surface area contributed by atoms with Crippen molar-refractivity contribution in [3.05, 3.63) is 95.2 Å². The Morgan fingerprint density at radius 1 is 0.852 bits per heavy atom. The normalized spacial score (nSPS) is 20.6. The largest absolute Gasteiger partial charge is 0.325 e. The van der Waals surface area contributed by atoms with Crippen LogP contribution in [-0.2, 0) is 0 Å². The second kappa shape index (κ2) is 7.20. The van der Waals surface area contributed by atoms with Crippen LogP contribution >= 0.6 is 0 Å². The Morgan fingerprint density at radius 3 is 2.37 bits per heavy atom. The molecule has 2 aliphatic rings. The number of hydrogen-bond donors (Lipinski definition) is 1. The molecule has 3 nitrogen and oxygen atoms in total. The lowest BCUT2D eigenvalue weighted by Crippen LogP contribution is -2.20. The lowest BCUT2D eigenvalue weighted by molar-refractivity contribution is 1.09. The van der Waals surface area contributed by atoms with Gasteiger partial charge in [-0.2, -0.15) is 0 Å². The van der Waals surface area contributed by atoms with Crippen LogP contribution in [-0.4, -0.2) is 18.7 Å². The average Bonchev–Trinajstić information content (AvgIpc) is 2.96. The van der Waals surface area contributed by atoms with Gasteiger partial charge >= 0.3 is 0 Å². The molecule has 2 aromatic carbocycles. The molecule has 0 amide bonds. The summed E-state index contributed by atoms with van der Waals surface area (Å²) in [4.78, 5) is 9.20. The van der Waals surface area contributed by atoms with Crippen LogP contribution in [0.3, 0.4) is 0 Å². The summed E-state index contributed by atoms with van der Waals surface area (Å²) in [7, 11) is 1.77. The number of benzene rings is 2. The van der Waals surface area contributed by atoms with Crippen molar-refractivity contribution in [2.24, 2.45) is 15.9 Å². The molecular weight excluding hydrogens is 330 g/mol. The second-order valence-electron chi connectivity index (χ2n) is 6.94. The standard InChI is InChI=1S/C24H23N3/c1-16-12-21-15-22(13-17(16)2)26-24(25-3)27-23(21)20-11-7-10-19(14-20)18-8-5-4-6-9-18/h4-15,21H,1-3H3,(H,25,26). The van der Waals surface area contributed by atoms with Crippen molar-refractivity contribution < 1.29 is 0 Å². The van der Waals surface area contributed by atoms with E-state index in [9.17, 15) is 0 Å². The van der Waals surface area contributed by atoms with Crippen LogP contribution in [0, 0.1) is 5.92 Å². The molecule has 134 valence electrons. The Kier molecular flexibility index (Phi) is 4.59. The van der Waals surface area contributed by atoms with Gasteiger partial charge in [-0.3, -0.25) is 4.99 Å². The van der Waals surface area contributed by atoms with Crippen LogP contribution in [0.15, 0.2) is 99.7 Å². The van der Waals surface area contributed by atoms with Gasteiger partial charge in [-0.15, -0.1) is 0 Å². The van der Waals surface area contributed by atoms with Gasteiger partial charge in [0.05, 0.1) is 5.71 Å². The predicted octanol–water partition coefficient (Wildman–Crippen LogP) is 5.14. The highest BCUT2D eigenvalue weighted by Crippen LogP contribution is 2.27. The van der Waals surface area contributed by atoms with Crippen molar-refractivity contribution in [3.8, 4) is 11.1 Å². The first kappa shape index (κ1) is 17.2. The minimum absolute atomic E-state index is 0.103. The number of rotatable bonds is 2. The number of nitrogens with one attached hydrogen (secondary N) is 1. The smallest absolute Gasteiger partial charge is 0.222 e. The van der Waals surface area contributed by atoms with Crippen molar-refractivity contribution in [2.75, 3.05) is 7.05 Å². The molecule has 0 spiro atoms. The molecule has 0 aromatic heterocycles. The highest BCUT2D eigenvalue weighted by Gasteiger charge is 2.22. The predicted molar refractivity (Wildman–Crippen MR) is 114 cm³/mol. The fourth-order valence-corrected chi connectivity index (χ4v) is 3.47. The number of aliphatic imine (C=N–C) groups is 2. The summed E-state index contributed by atoms with van der Waals surface area (Å²) in [5, 5.41) is 3.35. The SMILES string of the molecule is CN=C1N=C(c2cccc(-c3ccccc3)c2)C2C=C(C=C(C)C(C)=C2)N1. The molecular formula is C24H23N3. The number of guanidine groups is 1. The summed E-state index contributed by atoms with van der Waals surface area (Å²) in [6.07, 6.45) is 6.68. The molecule has 1 heterocycles. The van der Waals surface area contributed by atoms with E-state index < -0.39 is 0 Å². The van der Waals surface area contributed by atoms with Crippen molar-refractivity contribution in [1.29, 1.82) is 0 Å². The van der Waals surface area contributed by atoms with Gasteiger partial charge in [0.25, 0.3) is 0 Å². The summed E-state index contributed by atoms with van der Waals surface area (Å²) in [5.74, 6) is 0.743. The number of fused-ring (bicyclic) bond motifs is 1. The Bertz CT molecular complexity index is 1020. The van der Waals surface area contributed by atoms with Crippen molar-refractivity contribution in [3.63, 3.8) is 0 Å². The molecule has 1 unspecified atom stereocenters. The summed E-state index contributed by atoms with van der Waals surface area (Å²) < 4.78 is 0. The maximum Gasteiger partial charge on any atom is 0.222 e.